The number of H-pyrrole nitrogens is 1. The van der Waals surface area contributed by atoms with Crippen molar-refractivity contribution in [2.24, 2.45) is 10.7 Å². The lowest BCUT2D eigenvalue weighted by Gasteiger charge is -2.01. The van der Waals surface area contributed by atoms with Gasteiger partial charge in [-0.25, -0.2) is 4.98 Å². The van der Waals surface area contributed by atoms with Crippen molar-refractivity contribution < 1.29 is 0 Å². The zero-order valence-electron chi connectivity index (χ0n) is 10.7. The van der Waals surface area contributed by atoms with Gasteiger partial charge in [0, 0.05) is 17.6 Å². The molecule has 2 rings (SSSR count). The molecule has 0 radical (unpaired) electrons. The number of amidine groups is 1. The Morgan fingerprint density at radius 2 is 2.16 bits per heavy atom. The number of rotatable bonds is 6. The summed E-state index contributed by atoms with van der Waals surface area (Å²) in [5.41, 5.74) is 8.22. The number of imidazole rings is 1. The lowest BCUT2D eigenvalue weighted by molar-refractivity contribution is 0.903. The summed E-state index contributed by atoms with van der Waals surface area (Å²) in [4.78, 5) is 11.4. The molecule has 100 valence electrons. The standard InChI is InChI=1S/C14H18N4S/c15-14(17-9-12-5-2-1-3-6-12)19-8-4-7-13-10-16-11-18-13/h1-3,5-6,10-11H,4,7-9H2,(H2,15,17)(H,16,18). The van der Waals surface area contributed by atoms with Crippen LogP contribution in [0, 0.1) is 0 Å². The lowest BCUT2D eigenvalue weighted by atomic mass is 10.2. The van der Waals surface area contributed by atoms with Crippen LogP contribution < -0.4 is 5.73 Å². The monoisotopic (exact) mass is 274 g/mol. The predicted molar refractivity (Wildman–Crippen MR) is 81.1 cm³/mol. The first-order chi connectivity index (χ1) is 9.34. The molecule has 1 heterocycles. The maximum absolute atomic E-state index is 5.87. The quantitative estimate of drug-likeness (QED) is 0.483. The Labute approximate surface area is 117 Å². The van der Waals surface area contributed by atoms with Crippen LogP contribution >= 0.6 is 11.8 Å². The van der Waals surface area contributed by atoms with Gasteiger partial charge in [-0.05, 0) is 18.4 Å². The zero-order chi connectivity index (χ0) is 13.3. The fraction of sp³-hybridized carbons (Fsp3) is 0.286. The number of aromatic nitrogens is 2. The van der Waals surface area contributed by atoms with Crippen LogP contribution in [0.15, 0.2) is 47.8 Å². The first kappa shape index (κ1) is 13.7. The van der Waals surface area contributed by atoms with E-state index in [4.69, 9.17) is 5.73 Å². The summed E-state index contributed by atoms with van der Waals surface area (Å²) < 4.78 is 0. The van der Waals surface area contributed by atoms with Gasteiger partial charge < -0.3 is 10.7 Å². The average Bonchev–Trinajstić information content (AvgIpc) is 2.96. The Balaban J connectivity index is 1.65. The molecule has 19 heavy (non-hydrogen) atoms. The number of nitrogens with two attached hydrogens (primary N) is 1. The van der Waals surface area contributed by atoms with Crippen LogP contribution in [0.1, 0.15) is 17.7 Å². The molecule has 0 saturated heterocycles. The lowest BCUT2D eigenvalue weighted by Crippen LogP contribution is -2.08. The van der Waals surface area contributed by atoms with E-state index < -0.39 is 0 Å². The molecule has 5 heteroatoms. The van der Waals surface area contributed by atoms with E-state index in [1.165, 1.54) is 11.3 Å². The van der Waals surface area contributed by atoms with Gasteiger partial charge in [-0.15, -0.1) is 0 Å². The van der Waals surface area contributed by atoms with Gasteiger partial charge in [0.05, 0.1) is 12.9 Å². The van der Waals surface area contributed by atoms with Gasteiger partial charge in [-0.2, -0.15) is 0 Å². The summed E-state index contributed by atoms with van der Waals surface area (Å²) in [7, 11) is 0. The van der Waals surface area contributed by atoms with Gasteiger partial charge in [-0.1, -0.05) is 42.1 Å². The molecule has 1 aromatic carbocycles. The van der Waals surface area contributed by atoms with E-state index >= 15 is 0 Å². The minimum absolute atomic E-state index is 0.653. The summed E-state index contributed by atoms with van der Waals surface area (Å²) >= 11 is 1.61. The number of benzene rings is 1. The van der Waals surface area contributed by atoms with Crippen LogP contribution in [0.3, 0.4) is 0 Å². The number of hydrogen-bond acceptors (Lipinski definition) is 3. The first-order valence-corrected chi connectivity index (χ1v) is 7.27. The molecule has 0 aliphatic rings. The van der Waals surface area contributed by atoms with Crippen molar-refractivity contribution in [1.82, 2.24) is 9.97 Å². The van der Waals surface area contributed by atoms with Crippen molar-refractivity contribution in [3.05, 3.63) is 54.1 Å². The molecule has 0 amide bonds. The first-order valence-electron chi connectivity index (χ1n) is 6.28. The minimum atomic E-state index is 0.653. The van der Waals surface area contributed by atoms with Gasteiger partial charge in [0.15, 0.2) is 5.17 Å². The summed E-state index contributed by atoms with van der Waals surface area (Å²) in [6.45, 7) is 0.653. The molecule has 0 saturated carbocycles. The van der Waals surface area contributed by atoms with Crippen molar-refractivity contribution >= 4 is 16.9 Å². The highest BCUT2D eigenvalue weighted by Crippen LogP contribution is 2.08. The van der Waals surface area contributed by atoms with Crippen LogP contribution in [-0.2, 0) is 13.0 Å². The number of aliphatic imine (C=N–C) groups is 1. The highest BCUT2D eigenvalue weighted by Gasteiger charge is 1.97. The molecule has 3 N–H and O–H groups in total. The second kappa shape index (κ2) is 7.63. The van der Waals surface area contributed by atoms with E-state index in [9.17, 15) is 0 Å². The van der Waals surface area contributed by atoms with Gasteiger partial charge in [-0.3, -0.25) is 4.99 Å². The summed E-state index contributed by atoms with van der Waals surface area (Å²) in [5, 5.41) is 0.661. The largest absolute Gasteiger partial charge is 0.379 e. The van der Waals surface area contributed by atoms with Gasteiger partial charge in [0.2, 0.25) is 0 Å². The van der Waals surface area contributed by atoms with Crippen molar-refractivity contribution in [1.29, 1.82) is 0 Å². The SMILES string of the molecule is NC(=NCc1ccccc1)SCCCc1cnc[nH]1. The van der Waals surface area contributed by atoms with Crippen LogP contribution in [0.5, 0.6) is 0 Å². The summed E-state index contributed by atoms with van der Waals surface area (Å²) in [5.74, 6) is 0.975. The molecule has 1 aromatic heterocycles. The molecule has 0 atom stereocenters. The molecule has 0 fully saturated rings. The van der Waals surface area contributed by atoms with Gasteiger partial charge in [0.1, 0.15) is 0 Å². The predicted octanol–water partition coefficient (Wildman–Crippen LogP) is 2.59. The second-order valence-electron chi connectivity index (χ2n) is 4.17. The van der Waals surface area contributed by atoms with E-state index in [2.05, 4.69) is 27.1 Å². The molecular weight excluding hydrogens is 256 g/mol. The van der Waals surface area contributed by atoms with Crippen molar-refractivity contribution in [2.45, 2.75) is 19.4 Å². The number of nitrogens with one attached hydrogen (secondary N) is 1. The number of aryl methyl sites for hydroxylation is 1. The summed E-state index contributed by atoms with van der Waals surface area (Å²) in [6.07, 6.45) is 5.63. The Morgan fingerprint density at radius 3 is 2.89 bits per heavy atom. The van der Waals surface area contributed by atoms with Crippen molar-refractivity contribution in [2.75, 3.05) is 5.75 Å². The van der Waals surface area contributed by atoms with E-state index in [1.54, 1.807) is 18.1 Å². The number of aromatic amines is 1. The third-order valence-corrected chi connectivity index (χ3v) is 3.57. The van der Waals surface area contributed by atoms with Gasteiger partial charge in [0.25, 0.3) is 0 Å². The molecular formula is C14H18N4S. The topological polar surface area (TPSA) is 67.1 Å². The van der Waals surface area contributed by atoms with E-state index in [1.807, 2.05) is 24.4 Å². The van der Waals surface area contributed by atoms with Crippen molar-refractivity contribution in [3.63, 3.8) is 0 Å². The maximum atomic E-state index is 5.87. The van der Waals surface area contributed by atoms with Gasteiger partial charge >= 0.3 is 0 Å². The van der Waals surface area contributed by atoms with E-state index in [0.29, 0.717) is 11.7 Å². The van der Waals surface area contributed by atoms with Crippen LogP contribution in [-0.4, -0.2) is 20.9 Å². The minimum Gasteiger partial charge on any atom is -0.379 e. The van der Waals surface area contributed by atoms with E-state index in [0.717, 1.165) is 18.6 Å². The normalized spacial score (nSPS) is 11.7. The fourth-order valence-corrected chi connectivity index (χ4v) is 2.31. The molecule has 0 aliphatic carbocycles. The summed E-state index contributed by atoms with van der Waals surface area (Å²) in [6, 6.07) is 10.1. The fourth-order valence-electron chi connectivity index (χ4n) is 1.66. The number of nitrogens with zero attached hydrogens (tertiary/aromatic N) is 2. The van der Waals surface area contributed by atoms with Crippen LogP contribution in [0.25, 0.3) is 0 Å². The maximum Gasteiger partial charge on any atom is 0.154 e. The number of thioether (sulfide) groups is 1. The number of hydrogen-bond donors (Lipinski definition) is 2. The van der Waals surface area contributed by atoms with Crippen LogP contribution in [0.2, 0.25) is 0 Å². The molecule has 0 unspecified atom stereocenters. The molecule has 0 bridgehead atoms. The molecule has 0 aliphatic heterocycles. The second-order valence-corrected chi connectivity index (χ2v) is 5.28. The Morgan fingerprint density at radius 1 is 1.32 bits per heavy atom. The smallest absolute Gasteiger partial charge is 0.154 e. The Bertz CT molecular complexity index is 493. The van der Waals surface area contributed by atoms with E-state index in [-0.39, 0.29) is 0 Å². The van der Waals surface area contributed by atoms with Crippen molar-refractivity contribution in [3.8, 4) is 0 Å². The van der Waals surface area contributed by atoms with Crippen LogP contribution in [0.4, 0.5) is 0 Å². The Kier molecular flexibility index (Phi) is 5.49. The third kappa shape index (κ3) is 5.18. The molecule has 0 spiro atoms. The molecule has 2 aromatic rings. The highest BCUT2D eigenvalue weighted by molar-refractivity contribution is 8.13. The molecule has 4 nitrogen and oxygen atoms in total. The zero-order valence-corrected chi connectivity index (χ0v) is 11.6. The highest BCUT2D eigenvalue weighted by atomic mass is 32.2. The average molecular weight is 274 g/mol. The third-order valence-electron chi connectivity index (χ3n) is 2.66. The Hall–Kier alpha value is -1.75.